The second-order valence-corrected chi connectivity index (χ2v) is 4.99. The molecule has 0 aliphatic heterocycles. The highest BCUT2D eigenvalue weighted by molar-refractivity contribution is 8.61. The number of hydrogen-bond acceptors (Lipinski definition) is 3. The van der Waals surface area contributed by atoms with Crippen molar-refractivity contribution >= 4 is 19.2 Å². The lowest BCUT2D eigenvalue weighted by atomic mass is 11.3. The van der Waals surface area contributed by atoms with Crippen LogP contribution < -0.4 is 4.72 Å². The topological polar surface area (TPSA) is 83.5 Å². The van der Waals surface area contributed by atoms with Gasteiger partial charge in [-0.15, -0.1) is 4.72 Å². The van der Waals surface area contributed by atoms with Gasteiger partial charge in [0.25, 0.3) is 10.1 Å². The van der Waals surface area contributed by atoms with Crippen molar-refractivity contribution in [2.75, 3.05) is 0 Å². The fraction of sp³-hybridized carbons (Fsp3) is 1.00. The van der Waals surface area contributed by atoms with Crippen molar-refractivity contribution in [3.05, 3.63) is 0 Å². The maximum Gasteiger partial charge on any atom is 0.471 e. The van der Waals surface area contributed by atoms with Gasteiger partial charge in [0.1, 0.15) is 0 Å². The molecule has 11 heavy (non-hydrogen) atoms. The SMILES string of the molecule is O=S(O)S(=O)(=O)NC(F)(F)F. The van der Waals surface area contributed by atoms with Crippen LogP contribution in [0.1, 0.15) is 0 Å². The molecule has 0 heterocycles. The van der Waals surface area contributed by atoms with Crippen molar-refractivity contribution in [2.24, 2.45) is 0 Å². The number of hydrogen-bond donors (Lipinski definition) is 2. The van der Waals surface area contributed by atoms with Gasteiger partial charge < -0.3 is 0 Å². The lowest BCUT2D eigenvalue weighted by Crippen LogP contribution is -2.38. The zero-order valence-electron chi connectivity index (χ0n) is 4.62. The molecule has 0 amide bonds. The van der Waals surface area contributed by atoms with Crippen LogP contribution in [0.3, 0.4) is 0 Å². The van der Waals surface area contributed by atoms with E-state index in [4.69, 9.17) is 4.55 Å². The van der Waals surface area contributed by atoms with Gasteiger partial charge in [-0.2, -0.15) is 21.6 Å². The first kappa shape index (κ1) is 10.8. The number of nitrogens with one attached hydrogen (secondary N) is 1. The minimum Gasteiger partial charge on any atom is -0.293 e. The third-order valence-corrected chi connectivity index (χ3v) is 2.66. The largest absolute Gasteiger partial charge is 0.471 e. The predicted molar refractivity (Wildman–Crippen MR) is 28.9 cm³/mol. The van der Waals surface area contributed by atoms with Gasteiger partial charge in [-0.1, -0.05) is 0 Å². The quantitative estimate of drug-likeness (QED) is 0.370. The summed E-state index contributed by atoms with van der Waals surface area (Å²) < 4.78 is 70.9. The van der Waals surface area contributed by atoms with Crippen LogP contribution in [0.15, 0.2) is 0 Å². The lowest BCUT2D eigenvalue weighted by molar-refractivity contribution is -0.137. The Labute approximate surface area is 61.3 Å². The molecule has 0 rings (SSSR count). The van der Waals surface area contributed by atoms with Gasteiger partial charge in [-0.3, -0.25) is 4.55 Å². The van der Waals surface area contributed by atoms with Crippen molar-refractivity contribution < 1.29 is 30.4 Å². The molecule has 0 aromatic rings. The fourth-order valence-electron chi connectivity index (χ4n) is 0.177. The fourth-order valence-corrected chi connectivity index (χ4v) is 1.03. The molecule has 0 spiro atoms. The van der Waals surface area contributed by atoms with Gasteiger partial charge in [0, 0.05) is 0 Å². The highest BCUT2D eigenvalue weighted by Gasteiger charge is 2.36. The molecule has 1 atom stereocenters. The van der Waals surface area contributed by atoms with Crippen molar-refractivity contribution in [1.29, 1.82) is 0 Å². The first-order chi connectivity index (χ1) is 4.65. The van der Waals surface area contributed by atoms with Crippen LogP contribution in [-0.2, 0) is 19.2 Å². The summed E-state index contributed by atoms with van der Waals surface area (Å²) in [5, 5.41) is 0. The van der Waals surface area contributed by atoms with E-state index in [2.05, 4.69) is 0 Å². The standard InChI is InChI=1S/CH2F3NO4S2/c2-1(3,4)5-11(8,9)10(6)7/h5H,(H,6,7). The summed E-state index contributed by atoms with van der Waals surface area (Å²) >= 11 is 0. The Morgan fingerprint density at radius 2 is 1.73 bits per heavy atom. The second kappa shape index (κ2) is 3.05. The highest BCUT2D eigenvalue weighted by Crippen LogP contribution is 2.12. The van der Waals surface area contributed by atoms with Crippen LogP contribution in [0.4, 0.5) is 13.2 Å². The molecule has 5 nitrogen and oxygen atoms in total. The first-order valence-electron chi connectivity index (χ1n) is 1.87. The summed E-state index contributed by atoms with van der Waals surface area (Å²) in [6.45, 7) is 0. The van der Waals surface area contributed by atoms with Gasteiger partial charge in [-0.25, -0.2) is 4.21 Å². The Kier molecular flexibility index (Phi) is 2.99. The molecule has 0 aromatic heterocycles. The third kappa shape index (κ3) is 4.29. The summed E-state index contributed by atoms with van der Waals surface area (Å²) in [5.41, 5.74) is 0. The molecule has 1 unspecified atom stereocenters. The molecule has 10 heteroatoms. The van der Waals surface area contributed by atoms with E-state index >= 15 is 0 Å². The summed E-state index contributed by atoms with van der Waals surface area (Å²) in [5.74, 6) is 0. The third-order valence-electron chi connectivity index (χ3n) is 0.428. The van der Waals surface area contributed by atoms with Crippen LogP contribution in [0.5, 0.6) is 0 Å². The predicted octanol–water partition coefficient (Wildman–Crippen LogP) is -0.438. The van der Waals surface area contributed by atoms with Crippen LogP contribution in [0.25, 0.3) is 0 Å². The summed E-state index contributed by atoms with van der Waals surface area (Å²) in [6.07, 6.45) is -5.22. The van der Waals surface area contributed by atoms with E-state index < -0.39 is 25.5 Å². The van der Waals surface area contributed by atoms with E-state index in [1.807, 2.05) is 0 Å². The molecule has 0 saturated heterocycles. The Hall–Kier alpha value is -0.190. The van der Waals surface area contributed by atoms with Gasteiger partial charge in [0.05, 0.1) is 0 Å². The summed E-state index contributed by atoms with van der Waals surface area (Å²) in [6, 6.07) is 0. The monoisotopic (exact) mass is 213 g/mol. The molecule has 68 valence electrons. The van der Waals surface area contributed by atoms with E-state index in [0.29, 0.717) is 0 Å². The number of halogens is 3. The average Bonchev–Trinajstić information content (AvgIpc) is 1.56. The maximum absolute atomic E-state index is 11.2. The first-order valence-corrected chi connectivity index (χ1v) is 4.98. The minimum absolute atomic E-state index is 0.0170. The molecular formula is CH2F3NO4S2. The van der Waals surface area contributed by atoms with Gasteiger partial charge >= 0.3 is 15.4 Å². The Morgan fingerprint density at radius 1 is 1.36 bits per heavy atom. The zero-order chi connectivity index (χ0) is 9.28. The number of alkyl halides is 3. The summed E-state index contributed by atoms with van der Waals surface area (Å²) in [7, 11) is -8.78. The van der Waals surface area contributed by atoms with Crippen molar-refractivity contribution in [3.8, 4) is 0 Å². The van der Waals surface area contributed by atoms with Crippen molar-refractivity contribution in [1.82, 2.24) is 4.72 Å². The van der Waals surface area contributed by atoms with Crippen LogP contribution in [-0.4, -0.2) is 23.5 Å². The molecule has 0 fully saturated rings. The van der Waals surface area contributed by atoms with E-state index in [0.717, 1.165) is 0 Å². The van der Waals surface area contributed by atoms with E-state index in [1.54, 1.807) is 0 Å². The maximum atomic E-state index is 11.2. The second-order valence-electron chi connectivity index (χ2n) is 1.27. The molecule has 0 aliphatic rings. The minimum atomic E-state index is -5.22. The van der Waals surface area contributed by atoms with Crippen LogP contribution in [0, 0.1) is 0 Å². The molecule has 0 radical (unpaired) electrons. The summed E-state index contributed by atoms with van der Waals surface area (Å²) in [4.78, 5) is 0. The molecular weight excluding hydrogens is 211 g/mol. The molecule has 0 aliphatic carbocycles. The molecule has 0 bridgehead atoms. The highest BCUT2D eigenvalue weighted by atomic mass is 33.2. The van der Waals surface area contributed by atoms with Gasteiger partial charge in [-0.05, 0) is 0 Å². The molecule has 0 saturated carbocycles. The van der Waals surface area contributed by atoms with Gasteiger partial charge in [0.15, 0.2) is 0 Å². The average molecular weight is 213 g/mol. The smallest absolute Gasteiger partial charge is 0.293 e. The molecule has 0 aromatic carbocycles. The van der Waals surface area contributed by atoms with Crippen molar-refractivity contribution in [3.63, 3.8) is 0 Å². The van der Waals surface area contributed by atoms with Gasteiger partial charge in [0.2, 0.25) is 0 Å². The molecule has 2 N–H and O–H groups in total. The Balaban J connectivity index is 4.53. The van der Waals surface area contributed by atoms with Crippen LogP contribution in [0.2, 0.25) is 0 Å². The van der Waals surface area contributed by atoms with E-state index in [9.17, 15) is 25.8 Å². The Bertz CT molecular complexity index is 253. The lowest BCUT2D eigenvalue weighted by Gasteiger charge is -2.04. The zero-order valence-corrected chi connectivity index (χ0v) is 6.26. The van der Waals surface area contributed by atoms with Crippen molar-refractivity contribution in [2.45, 2.75) is 6.30 Å². The normalized spacial score (nSPS) is 16.4. The Morgan fingerprint density at radius 3 is 1.82 bits per heavy atom. The number of rotatable bonds is 2. The van der Waals surface area contributed by atoms with Crippen LogP contribution >= 0.6 is 0 Å². The van der Waals surface area contributed by atoms with E-state index in [1.165, 1.54) is 0 Å². The van der Waals surface area contributed by atoms with E-state index in [-0.39, 0.29) is 4.72 Å².